The second-order valence-electron chi connectivity index (χ2n) is 7.00. The summed E-state index contributed by atoms with van der Waals surface area (Å²) in [5, 5.41) is 0.575. The maximum atomic E-state index is 12.7. The zero-order valence-corrected chi connectivity index (χ0v) is 17.7. The van der Waals surface area contributed by atoms with Crippen molar-refractivity contribution in [2.45, 2.75) is 6.92 Å². The van der Waals surface area contributed by atoms with Crippen LogP contribution >= 0.6 is 11.6 Å². The van der Waals surface area contributed by atoms with E-state index in [0.29, 0.717) is 39.0 Å². The van der Waals surface area contributed by atoms with Crippen molar-refractivity contribution in [3.8, 4) is 17.2 Å². The molecule has 0 atom stereocenters. The fourth-order valence-electron chi connectivity index (χ4n) is 3.28. The van der Waals surface area contributed by atoms with E-state index in [9.17, 15) is 9.59 Å². The molecule has 0 aromatic heterocycles. The Bertz CT molecular complexity index is 1200. The van der Waals surface area contributed by atoms with Crippen LogP contribution in [0.1, 0.15) is 31.8 Å². The van der Waals surface area contributed by atoms with Gasteiger partial charge in [0.25, 0.3) is 0 Å². The van der Waals surface area contributed by atoms with Gasteiger partial charge in [-0.1, -0.05) is 23.7 Å². The average Bonchev–Trinajstić information content (AvgIpc) is 3.09. The summed E-state index contributed by atoms with van der Waals surface area (Å²) in [5.41, 5.74) is 2.41. The molecule has 1 heterocycles. The van der Waals surface area contributed by atoms with Gasteiger partial charge in [-0.3, -0.25) is 9.59 Å². The molecule has 0 N–H and O–H groups in total. The Balaban J connectivity index is 1.51. The molecule has 6 heteroatoms. The van der Waals surface area contributed by atoms with Crippen molar-refractivity contribution in [3.63, 3.8) is 0 Å². The van der Waals surface area contributed by atoms with E-state index in [-0.39, 0.29) is 23.9 Å². The molecule has 0 bridgehead atoms. The van der Waals surface area contributed by atoms with E-state index in [1.54, 1.807) is 74.7 Å². The summed E-state index contributed by atoms with van der Waals surface area (Å²) < 4.78 is 16.7. The second-order valence-corrected chi connectivity index (χ2v) is 7.44. The van der Waals surface area contributed by atoms with Gasteiger partial charge in [0.2, 0.25) is 5.78 Å². The van der Waals surface area contributed by atoms with E-state index in [4.69, 9.17) is 25.8 Å². The predicted molar refractivity (Wildman–Crippen MR) is 118 cm³/mol. The van der Waals surface area contributed by atoms with E-state index in [2.05, 4.69) is 0 Å². The van der Waals surface area contributed by atoms with Gasteiger partial charge in [0.15, 0.2) is 18.1 Å². The molecule has 4 rings (SSSR count). The molecule has 3 aromatic rings. The van der Waals surface area contributed by atoms with Crippen LogP contribution in [0.5, 0.6) is 17.2 Å². The van der Waals surface area contributed by atoms with Crippen LogP contribution in [0.25, 0.3) is 6.08 Å². The Morgan fingerprint density at radius 1 is 1.10 bits per heavy atom. The van der Waals surface area contributed by atoms with Crippen molar-refractivity contribution in [3.05, 3.63) is 93.7 Å². The van der Waals surface area contributed by atoms with Crippen LogP contribution in [0.3, 0.4) is 0 Å². The first-order chi connectivity index (χ1) is 15.0. The minimum atomic E-state index is -0.209. The minimum Gasteiger partial charge on any atom is -0.497 e. The Hall–Kier alpha value is -3.57. The molecule has 156 valence electrons. The van der Waals surface area contributed by atoms with Gasteiger partial charge in [-0.15, -0.1) is 0 Å². The van der Waals surface area contributed by atoms with E-state index in [1.807, 2.05) is 6.07 Å². The summed E-state index contributed by atoms with van der Waals surface area (Å²) in [7, 11) is 1.57. The number of rotatable bonds is 6. The molecule has 31 heavy (non-hydrogen) atoms. The van der Waals surface area contributed by atoms with Crippen molar-refractivity contribution < 1.29 is 23.8 Å². The average molecular weight is 435 g/mol. The standard InChI is InChI=1S/C25H19ClO5/c1-15-22(30-14-21(27)17-6-8-19(29-2)9-7-17)11-10-20-24(28)23(31-25(15)20)13-16-4-3-5-18(26)12-16/h3-13H,14H2,1-2H3/b23-13-. The number of hydrogen-bond acceptors (Lipinski definition) is 5. The SMILES string of the molecule is COc1ccc(C(=O)COc2ccc3c(c2C)O/C(=C\c2cccc(Cl)c2)C3=O)cc1. The molecule has 0 unspecified atom stereocenters. The van der Waals surface area contributed by atoms with Crippen molar-refractivity contribution >= 4 is 29.2 Å². The summed E-state index contributed by atoms with van der Waals surface area (Å²) in [5.74, 6) is 1.44. The fraction of sp³-hybridized carbons (Fsp3) is 0.120. The summed E-state index contributed by atoms with van der Waals surface area (Å²) in [6.45, 7) is 1.66. The van der Waals surface area contributed by atoms with Crippen LogP contribution in [0.2, 0.25) is 5.02 Å². The topological polar surface area (TPSA) is 61.8 Å². The van der Waals surface area contributed by atoms with Gasteiger partial charge < -0.3 is 14.2 Å². The van der Waals surface area contributed by atoms with Crippen LogP contribution in [0.15, 0.2) is 66.4 Å². The van der Waals surface area contributed by atoms with Crippen molar-refractivity contribution in [2.75, 3.05) is 13.7 Å². The fourth-order valence-corrected chi connectivity index (χ4v) is 3.47. The van der Waals surface area contributed by atoms with Crippen LogP contribution in [-0.4, -0.2) is 25.3 Å². The lowest BCUT2D eigenvalue weighted by Gasteiger charge is -2.11. The number of ether oxygens (including phenoxy) is 3. The summed E-state index contributed by atoms with van der Waals surface area (Å²) >= 11 is 6.02. The lowest BCUT2D eigenvalue weighted by atomic mass is 10.1. The number of hydrogen-bond donors (Lipinski definition) is 0. The van der Waals surface area contributed by atoms with Gasteiger partial charge in [0, 0.05) is 16.1 Å². The number of carbonyl (C=O) groups is 2. The zero-order chi connectivity index (χ0) is 22.0. The third kappa shape index (κ3) is 4.32. The van der Waals surface area contributed by atoms with E-state index in [0.717, 1.165) is 5.56 Å². The Morgan fingerprint density at radius 2 is 1.87 bits per heavy atom. The molecular weight excluding hydrogens is 416 g/mol. The number of ketones is 2. The normalized spacial score (nSPS) is 13.6. The lowest BCUT2D eigenvalue weighted by molar-refractivity contribution is 0.0920. The highest BCUT2D eigenvalue weighted by Crippen LogP contribution is 2.39. The molecule has 0 spiro atoms. The molecule has 0 amide bonds. The van der Waals surface area contributed by atoms with Crippen LogP contribution < -0.4 is 14.2 Å². The molecular formula is C25H19ClO5. The molecule has 0 saturated heterocycles. The van der Waals surface area contributed by atoms with Gasteiger partial charge in [-0.25, -0.2) is 0 Å². The number of halogens is 1. The summed E-state index contributed by atoms with van der Waals surface area (Å²) in [6.07, 6.45) is 1.65. The van der Waals surface area contributed by atoms with Gasteiger partial charge in [-0.2, -0.15) is 0 Å². The number of carbonyl (C=O) groups excluding carboxylic acids is 2. The first-order valence-corrected chi connectivity index (χ1v) is 9.97. The molecule has 0 fully saturated rings. The van der Waals surface area contributed by atoms with E-state index < -0.39 is 0 Å². The molecule has 0 radical (unpaired) electrons. The Morgan fingerprint density at radius 3 is 2.58 bits per heavy atom. The summed E-state index contributed by atoms with van der Waals surface area (Å²) in [6, 6.07) is 17.3. The number of fused-ring (bicyclic) bond motifs is 1. The zero-order valence-electron chi connectivity index (χ0n) is 17.0. The molecule has 5 nitrogen and oxygen atoms in total. The highest BCUT2D eigenvalue weighted by Gasteiger charge is 2.30. The van der Waals surface area contributed by atoms with E-state index >= 15 is 0 Å². The van der Waals surface area contributed by atoms with Gasteiger partial charge in [0.05, 0.1) is 12.7 Å². The molecule has 0 aliphatic carbocycles. The lowest BCUT2D eigenvalue weighted by Crippen LogP contribution is -2.12. The third-order valence-electron chi connectivity index (χ3n) is 4.95. The number of allylic oxidation sites excluding steroid dienone is 1. The van der Waals surface area contributed by atoms with Crippen LogP contribution in [0.4, 0.5) is 0 Å². The highest BCUT2D eigenvalue weighted by molar-refractivity contribution is 6.30. The highest BCUT2D eigenvalue weighted by atomic mass is 35.5. The summed E-state index contributed by atoms with van der Waals surface area (Å²) in [4.78, 5) is 25.1. The Kier molecular flexibility index (Phi) is 5.78. The van der Waals surface area contributed by atoms with Gasteiger partial charge in [0.1, 0.15) is 17.2 Å². The van der Waals surface area contributed by atoms with Crippen LogP contribution in [-0.2, 0) is 0 Å². The van der Waals surface area contributed by atoms with Crippen molar-refractivity contribution in [1.29, 1.82) is 0 Å². The molecule has 1 aliphatic rings. The van der Waals surface area contributed by atoms with Crippen LogP contribution in [0, 0.1) is 6.92 Å². The smallest absolute Gasteiger partial charge is 0.231 e. The minimum absolute atomic E-state index is 0.134. The second kappa shape index (κ2) is 8.66. The molecule has 3 aromatic carbocycles. The predicted octanol–water partition coefficient (Wildman–Crippen LogP) is 5.53. The number of methoxy groups -OCH3 is 1. The quantitative estimate of drug-likeness (QED) is 0.377. The van der Waals surface area contributed by atoms with Crippen molar-refractivity contribution in [1.82, 2.24) is 0 Å². The maximum Gasteiger partial charge on any atom is 0.231 e. The Labute approximate surface area is 184 Å². The molecule has 0 saturated carbocycles. The maximum absolute atomic E-state index is 12.7. The largest absolute Gasteiger partial charge is 0.497 e. The number of Topliss-reactive ketones (excluding diaryl/α,β-unsaturated/α-hetero) is 2. The number of benzene rings is 3. The third-order valence-corrected chi connectivity index (χ3v) is 5.19. The monoisotopic (exact) mass is 434 g/mol. The first-order valence-electron chi connectivity index (χ1n) is 9.59. The van der Waals surface area contributed by atoms with Crippen molar-refractivity contribution in [2.24, 2.45) is 0 Å². The van der Waals surface area contributed by atoms with Gasteiger partial charge >= 0.3 is 0 Å². The first kappa shape index (κ1) is 20.7. The molecule has 1 aliphatic heterocycles. The van der Waals surface area contributed by atoms with E-state index in [1.165, 1.54) is 0 Å². The van der Waals surface area contributed by atoms with Gasteiger partial charge in [-0.05, 0) is 67.1 Å².